The molecule has 0 radical (unpaired) electrons. The molecule has 0 amide bonds. The van der Waals surface area contributed by atoms with Crippen molar-refractivity contribution in [3.63, 3.8) is 0 Å². The molecule has 156 valence electrons. The first-order valence-electron chi connectivity index (χ1n) is 9.48. The average Bonchev–Trinajstić information content (AvgIpc) is 3.26. The molecule has 0 bridgehead atoms. The molecule has 2 aromatic heterocycles. The molecule has 0 saturated heterocycles. The van der Waals surface area contributed by atoms with Crippen molar-refractivity contribution in [1.82, 2.24) is 14.8 Å². The first-order valence-corrected chi connectivity index (χ1v) is 10.3. The number of nitrogens with one attached hydrogen (secondary N) is 1. The standard InChI is InChI=1S/C22H23N3O4S/c1-5-29-21(28)19-14(13-25(24-19)15-9-7-6-8-10-15)11-16-20(27)23-18(30-16)12-17(26)22(2,3)4/h6-13H,5H2,1-4H3,(H,23,27). The first-order chi connectivity index (χ1) is 14.2. The number of aromatic nitrogens is 3. The number of rotatable bonds is 5. The van der Waals surface area contributed by atoms with Gasteiger partial charge in [-0.3, -0.25) is 9.59 Å². The number of para-hydroxylation sites is 1. The van der Waals surface area contributed by atoms with Gasteiger partial charge in [-0.15, -0.1) is 11.3 Å². The summed E-state index contributed by atoms with van der Waals surface area (Å²) in [6.07, 6.45) is 4.69. The quantitative estimate of drug-likeness (QED) is 0.631. The fourth-order valence-corrected chi connectivity index (χ4v) is 3.44. The zero-order valence-electron chi connectivity index (χ0n) is 17.3. The molecule has 1 aromatic carbocycles. The number of benzene rings is 1. The number of H-pyrrole nitrogens is 1. The third-order valence-corrected chi connectivity index (χ3v) is 5.16. The molecule has 2 heterocycles. The van der Waals surface area contributed by atoms with Crippen molar-refractivity contribution in [2.24, 2.45) is 5.41 Å². The van der Waals surface area contributed by atoms with Crippen molar-refractivity contribution in [2.75, 3.05) is 6.61 Å². The first kappa shape index (κ1) is 21.4. The van der Waals surface area contributed by atoms with Gasteiger partial charge >= 0.3 is 5.97 Å². The zero-order chi connectivity index (χ0) is 21.9. The summed E-state index contributed by atoms with van der Waals surface area (Å²) in [5, 5.41) is 4.35. The second-order valence-corrected chi connectivity index (χ2v) is 8.71. The molecule has 0 atom stereocenters. The monoisotopic (exact) mass is 425 g/mol. The van der Waals surface area contributed by atoms with E-state index in [4.69, 9.17) is 4.74 Å². The maximum Gasteiger partial charge on any atom is 0.359 e. The van der Waals surface area contributed by atoms with E-state index in [1.807, 2.05) is 51.1 Å². The molecule has 3 aromatic rings. The number of aromatic amines is 1. The zero-order valence-corrected chi connectivity index (χ0v) is 18.1. The number of Topliss-reactive ketones (excluding diaryl/α,β-unsaturated/α-hetero) is 1. The van der Waals surface area contributed by atoms with Crippen LogP contribution < -0.4 is 14.8 Å². The second kappa shape index (κ2) is 8.62. The van der Waals surface area contributed by atoms with Crippen LogP contribution in [0.15, 0.2) is 41.3 Å². The van der Waals surface area contributed by atoms with Crippen molar-refractivity contribution < 1.29 is 14.3 Å². The minimum Gasteiger partial charge on any atom is -0.461 e. The maximum absolute atomic E-state index is 12.4. The summed E-state index contributed by atoms with van der Waals surface area (Å²) < 4.78 is 7.50. The lowest BCUT2D eigenvalue weighted by Crippen LogP contribution is -2.22. The van der Waals surface area contributed by atoms with Gasteiger partial charge in [0.1, 0.15) is 0 Å². The van der Waals surface area contributed by atoms with Gasteiger partial charge in [0.05, 0.1) is 21.5 Å². The van der Waals surface area contributed by atoms with E-state index in [0.717, 1.165) is 17.0 Å². The summed E-state index contributed by atoms with van der Waals surface area (Å²) in [7, 11) is 0. The second-order valence-electron chi connectivity index (χ2n) is 7.62. The van der Waals surface area contributed by atoms with Gasteiger partial charge in [0, 0.05) is 23.3 Å². The lowest BCUT2D eigenvalue weighted by atomic mass is 9.91. The van der Waals surface area contributed by atoms with Crippen LogP contribution in [0.4, 0.5) is 0 Å². The summed E-state index contributed by atoms with van der Waals surface area (Å²) in [5.41, 5.74) is 0.463. The summed E-state index contributed by atoms with van der Waals surface area (Å²) in [4.78, 5) is 39.7. The Labute approximate surface area is 177 Å². The van der Waals surface area contributed by atoms with Crippen LogP contribution in [0.25, 0.3) is 17.8 Å². The predicted octanol–water partition coefficient (Wildman–Crippen LogP) is 2.02. The molecular weight excluding hydrogens is 402 g/mol. The SMILES string of the molecule is CCOC(=O)c1nn(-c2ccccc2)cc1C=c1sc(=CC(=O)C(C)(C)C)[nH]c1=O. The molecule has 3 rings (SSSR count). The predicted molar refractivity (Wildman–Crippen MR) is 116 cm³/mol. The summed E-state index contributed by atoms with van der Waals surface area (Å²) in [6.45, 7) is 7.37. The van der Waals surface area contributed by atoms with E-state index >= 15 is 0 Å². The highest BCUT2D eigenvalue weighted by Gasteiger charge is 2.19. The van der Waals surface area contributed by atoms with Crippen molar-refractivity contribution in [3.8, 4) is 5.69 Å². The van der Waals surface area contributed by atoms with E-state index in [0.29, 0.717) is 14.8 Å². The highest BCUT2D eigenvalue weighted by molar-refractivity contribution is 7.07. The summed E-state index contributed by atoms with van der Waals surface area (Å²) in [5.74, 6) is -0.656. The highest BCUT2D eigenvalue weighted by atomic mass is 32.1. The Morgan fingerprint density at radius 1 is 1.23 bits per heavy atom. The molecule has 0 unspecified atom stereocenters. The minimum atomic E-state index is -0.568. The number of nitrogens with zero attached hydrogens (tertiary/aromatic N) is 2. The largest absolute Gasteiger partial charge is 0.461 e. The fraction of sp³-hybridized carbons (Fsp3) is 0.273. The average molecular weight is 426 g/mol. The topological polar surface area (TPSA) is 94.0 Å². The van der Waals surface area contributed by atoms with E-state index in [1.54, 1.807) is 23.9 Å². The van der Waals surface area contributed by atoms with Crippen LogP contribution >= 0.6 is 11.3 Å². The molecule has 0 aliphatic rings. The fourth-order valence-electron chi connectivity index (χ4n) is 2.57. The Morgan fingerprint density at radius 3 is 2.57 bits per heavy atom. The van der Waals surface area contributed by atoms with E-state index in [2.05, 4.69) is 10.1 Å². The molecule has 30 heavy (non-hydrogen) atoms. The number of hydrogen-bond acceptors (Lipinski definition) is 6. The minimum absolute atomic E-state index is 0.0874. The van der Waals surface area contributed by atoms with Crippen molar-refractivity contribution >= 4 is 35.2 Å². The number of esters is 1. The van der Waals surface area contributed by atoms with Gasteiger partial charge in [-0.25, -0.2) is 9.48 Å². The Morgan fingerprint density at radius 2 is 1.93 bits per heavy atom. The van der Waals surface area contributed by atoms with E-state index < -0.39 is 11.4 Å². The number of carbonyl (C=O) groups excluding carboxylic acids is 2. The van der Waals surface area contributed by atoms with Crippen LogP contribution in [-0.2, 0) is 9.53 Å². The molecule has 1 N–H and O–H groups in total. The van der Waals surface area contributed by atoms with Crippen LogP contribution in [0.3, 0.4) is 0 Å². The summed E-state index contributed by atoms with van der Waals surface area (Å²) >= 11 is 1.15. The van der Waals surface area contributed by atoms with Crippen molar-refractivity contribution in [3.05, 3.63) is 67.3 Å². The molecule has 0 aliphatic heterocycles. The van der Waals surface area contributed by atoms with Gasteiger partial charge in [-0.2, -0.15) is 5.10 Å². The van der Waals surface area contributed by atoms with E-state index in [-0.39, 0.29) is 23.6 Å². The van der Waals surface area contributed by atoms with Gasteiger partial charge in [-0.05, 0) is 25.1 Å². The number of ether oxygens (including phenoxy) is 1. The van der Waals surface area contributed by atoms with Crippen molar-refractivity contribution in [1.29, 1.82) is 0 Å². The molecule has 0 saturated carbocycles. The third kappa shape index (κ3) is 4.83. The van der Waals surface area contributed by atoms with Gasteiger partial charge in [-0.1, -0.05) is 39.0 Å². The van der Waals surface area contributed by atoms with Crippen LogP contribution in [0.5, 0.6) is 0 Å². The molecule has 8 heteroatoms. The van der Waals surface area contributed by atoms with Gasteiger partial charge in [0.15, 0.2) is 11.5 Å². The third-order valence-electron chi connectivity index (χ3n) is 4.20. The molecule has 0 spiro atoms. The van der Waals surface area contributed by atoms with E-state index in [1.165, 1.54) is 6.08 Å². The maximum atomic E-state index is 12.4. The number of carbonyl (C=O) groups is 2. The van der Waals surface area contributed by atoms with Crippen molar-refractivity contribution in [2.45, 2.75) is 27.7 Å². The molecular formula is C22H23N3O4S. The Kier molecular flexibility index (Phi) is 6.17. The lowest BCUT2D eigenvalue weighted by Gasteiger charge is -2.12. The van der Waals surface area contributed by atoms with Crippen LogP contribution in [0.1, 0.15) is 43.7 Å². The number of ketones is 1. The number of thiazole rings is 1. The smallest absolute Gasteiger partial charge is 0.359 e. The summed E-state index contributed by atoms with van der Waals surface area (Å²) in [6, 6.07) is 9.32. The Hall–Kier alpha value is -3.26. The van der Waals surface area contributed by atoms with Gasteiger partial charge in [0.25, 0.3) is 5.56 Å². The van der Waals surface area contributed by atoms with Gasteiger partial charge in [0.2, 0.25) is 0 Å². The normalized spacial score (nSPS) is 12.9. The molecule has 0 aliphatic carbocycles. The van der Waals surface area contributed by atoms with E-state index in [9.17, 15) is 14.4 Å². The highest BCUT2D eigenvalue weighted by Crippen LogP contribution is 2.15. The Balaban J connectivity index is 2.12. The molecule has 0 fully saturated rings. The lowest BCUT2D eigenvalue weighted by molar-refractivity contribution is -0.119. The molecule has 7 nitrogen and oxygen atoms in total. The van der Waals surface area contributed by atoms with Crippen LogP contribution in [0.2, 0.25) is 0 Å². The van der Waals surface area contributed by atoms with Crippen LogP contribution in [-0.4, -0.2) is 33.1 Å². The van der Waals surface area contributed by atoms with Crippen LogP contribution in [0, 0.1) is 5.41 Å². The number of hydrogen-bond donors (Lipinski definition) is 1. The Bertz CT molecular complexity index is 1240. The van der Waals surface area contributed by atoms with Gasteiger partial charge < -0.3 is 9.72 Å².